The SMILES string of the molecule is CCC(CC)C(CC)C(=O)C(CC)C(CC)CC. The van der Waals surface area contributed by atoms with E-state index in [1.54, 1.807) is 0 Å². The maximum absolute atomic E-state index is 12.8. The van der Waals surface area contributed by atoms with Crippen molar-refractivity contribution in [2.24, 2.45) is 23.7 Å². The molecule has 0 aliphatic heterocycles. The molecule has 0 saturated heterocycles. The fourth-order valence-corrected chi connectivity index (χ4v) is 3.52. The zero-order valence-electron chi connectivity index (χ0n) is 13.5. The third-order valence-corrected chi connectivity index (χ3v) is 4.85. The Hall–Kier alpha value is -0.330. The molecule has 2 unspecified atom stereocenters. The third-order valence-electron chi connectivity index (χ3n) is 4.85. The molecule has 0 saturated carbocycles. The molecule has 0 N–H and O–H groups in total. The highest BCUT2D eigenvalue weighted by atomic mass is 16.1. The van der Waals surface area contributed by atoms with E-state index in [0.29, 0.717) is 29.5 Å². The molecule has 0 rings (SSSR count). The van der Waals surface area contributed by atoms with Gasteiger partial charge in [0, 0.05) is 11.8 Å². The van der Waals surface area contributed by atoms with Crippen molar-refractivity contribution >= 4 is 5.78 Å². The maximum Gasteiger partial charge on any atom is 0.139 e. The highest BCUT2D eigenvalue weighted by Crippen LogP contribution is 2.32. The van der Waals surface area contributed by atoms with E-state index in [2.05, 4.69) is 41.5 Å². The Bertz CT molecular complexity index is 192. The van der Waals surface area contributed by atoms with Gasteiger partial charge in [-0.05, 0) is 24.7 Å². The second-order valence-corrected chi connectivity index (χ2v) is 5.59. The van der Waals surface area contributed by atoms with Crippen LogP contribution in [-0.2, 0) is 4.79 Å². The Kier molecular flexibility index (Phi) is 9.40. The molecular formula is C17H34O. The summed E-state index contributed by atoms with van der Waals surface area (Å²) in [5, 5.41) is 0. The van der Waals surface area contributed by atoms with Gasteiger partial charge in [0.25, 0.3) is 0 Å². The zero-order valence-corrected chi connectivity index (χ0v) is 13.5. The van der Waals surface area contributed by atoms with Crippen molar-refractivity contribution in [2.75, 3.05) is 0 Å². The van der Waals surface area contributed by atoms with Crippen LogP contribution in [0.5, 0.6) is 0 Å². The molecule has 1 heteroatoms. The van der Waals surface area contributed by atoms with Gasteiger partial charge in [-0.2, -0.15) is 0 Å². The average molecular weight is 254 g/mol. The van der Waals surface area contributed by atoms with Crippen LogP contribution in [0.15, 0.2) is 0 Å². The second kappa shape index (κ2) is 9.58. The summed E-state index contributed by atoms with van der Waals surface area (Å²) in [6.45, 7) is 13.3. The average Bonchev–Trinajstić information content (AvgIpc) is 2.40. The lowest BCUT2D eigenvalue weighted by Gasteiger charge is -2.30. The quantitative estimate of drug-likeness (QED) is 0.504. The van der Waals surface area contributed by atoms with E-state index in [0.717, 1.165) is 38.5 Å². The first-order valence-corrected chi connectivity index (χ1v) is 8.14. The Labute approximate surface area is 115 Å². The van der Waals surface area contributed by atoms with Crippen LogP contribution in [0.3, 0.4) is 0 Å². The van der Waals surface area contributed by atoms with Crippen molar-refractivity contribution in [2.45, 2.75) is 80.1 Å². The molecular weight excluding hydrogens is 220 g/mol. The van der Waals surface area contributed by atoms with Crippen molar-refractivity contribution in [3.63, 3.8) is 0 Å². The zero-order chi connectivity index (χ0) is 14.1. The van der Waals surface area contributed by atoms with Crippen LogP contribution in [0.2, 0.25) is 0 Å². The lowest BCUT2D eigenvalue weighted by Crippen LogP contribution is -2.32. The van der Waals surface area contributed by atoms with Gasteiger partial charge in [-0.15, -0.1) is 0 Å². The third kappa shape index (κ3) is 4.40. The first-order valence-electron chi connectivity index (χ1n) is 8.14. The van der Waals surface area contributed by atoms with Crippen molar-refractivity contribution in [3.8, 4) is 0 Å². The Morgan fingerprint density at radius 1 is 0.611 bits per heavy atom. The Morgan fingerprint density at radius 2 is 0.889 bits per heavy atom. The lowest BCUT2D eigenvalue weighted by molar-refractivity contribution is -0.130. The second-order valence-electron chi connectivity index (χ2n) is 5.59. The van der Waals surface area contributed by atoms with E-state index < -0.39 is 0 Å². The van der Waals surface area contributed by atoms with E-state index >= 15 is 0 Å². The summed E-state index contributed by atoms with van der Waals surface area (Å²) in [6.07, 6.45) is 6.59. The molecule has 1 nitrogen and oxygen atoms in total. The molecule has 0 spiro atoms. The minimum Gasteiger partial charge on any atom is -0.299 e. The normalized spacial score (nSPS) is 15.1. The van der Waals surface area contributed by atoms with Crippen molar-refractivity contribution in [1.82, 2.24) is 0 Å². The summed E-state index contributed by atoms with van der Waals surface area (Å²) in [5.41, 5.74) is 0. The molecule has 0 aromatic carbocycles. The maximum atomic E-state index is 12.8. The predicted octanol–water partition coefficient (Wildman–Crippen LogP) is 5.48. The van der Waals surface area contributed by atoms with E-state index in [1.807, 2.05) is 0 Å². The number of Topliss-reactive ketones (excluding diaryl/α,β-unsaturated/α-hetero) is 1. The highest BCUT2D eigenvalue weighted by Gasteiger charge is 2.32. The molecule has 108 valence electrons. The molecule has 0 aliphatic rings. The number of carbonyl (C=O) groups is 1. The van der Waals surface area contributed by atoms with Crippen LogP contribution in [0.1, 0.15) is 80.1 Å². The van der Waals surface area contributed by atoms with E-state index in [1.165, 1.54) is 0 Å². The number of hydrogen-bond donors (Lipinski definition) is 0. The summed E-state index contributed by atoms with van der Waals surface area (Å²) < 4.78 is 0. The summed E-state index contributed by atoms with van der Waals surface area (Å²) in [6, 6.07) is 0. The molecule has 0 aromatic heterocycles. The molecule has 0 aliphatic carbocycles. The number of carbonyl (C=O) groups excluding carboxylic acids is 1. The first-order chi connectivity index (χ1) is 8.60. The largest absolute Gasteiger partial charge is 0.299 e. The smallest absolute Gasteiger partial charge is 0.139 e. The monoisotopic (exact) mass is 254 g/mol. The van der Waals surface area contributed by atoms with Crippen LogP contribution < -0.4 is 0 Å². The van der Waals surface area contributed by atoms with Crippen LogP contribution in [0.25, 0.3) is 0 Å². The fraction of sp³-hybridized carbons (Fsp3) is 0.941. The van der Waals surface area contributed by atoms with Gasteiger partial charge in [-0.1, -0.05) is 67.2 Å². The van der Waals surface area contributed by atoms with Crippen molar-refractivity contribution in [3.05, 3.63) is 0 Å². The van der Waals surface area contributed by atoms with Gasteiger partial charge in [0.15, 0.2) is 0 Å². The minimum atomic E-state index is 0.297. The first kappa shape index (κ1) is 17.7. The van der Waals surface area contributed by atoms with Crippen LogP contribution in [0, 0.1) is 23.7 Å². The van der Waals surface area contributed by atoms with Crippen LogP contribution in [0.4, 0.5) is 0 Å². The topological polar surface area (TPSA) is 17.1 Å². The van der Waals surface area contributed by atoms with Gasteiger partial charge < -0.3 is 0 Å². The van der Waals surface area contributed by atoms with E-state index in [4.69, 9.17) is 0 Å². The van der Waals surface area contributed by atoms with Crippen molar-refractivity contribution in [1.29, 1.82) is 0 Å². The minimum absolute atomic E-state index is 0.297. The van der Waals surface area contributed by atoms with E-state index in [9.17, 15) is 4.79 Å². The standard InChI is InChI=1S/C17H34O/c1-7-13(8-2)15(11-5)17(18)16(12-6)14(9-3)10-4/h13-16H,7-12H2,1-6H3. The molecule has 0 heterocycles. The van der Waals surface area contributed by atoms with Crippen LogP contribution in [-0.4, -0.2) is 5.78 Å². The van der Waals surface area contributed by atoms with Crippen LogP contribution >= 0.6 is 0 Å². The van der Waals surface area contributed by atoms with E-state index in [-0.39, 0.29) is 0 Å². The number of ketones is 1. The molecule has 0 amide bonds. The number of hydrogen-bond acceptors (Lipinski definition) is 1. The highest BCUT2D eigenvalue weighted by molar-refractivity contribution is 5.84. The summed E-state index contributed by atoms with van der Waals surface area (Å²) in [5.74, 6) is 2.33. The van der Waals surface area contributed by atoms with Gasteiger partial charge in [0.2, 0.25) is 0 Å². The van der Waals surface area contributed by atoms with Gasteiger partial charge in [-0.3, -0.25) is 4.79 Å². The summed E-state index contributed by atoms with van der Waals surface area (Å²) in [4.78, 5) is 12.8. The van der Waals surface area contributed by atoms with Gasteiger partial charge in [0.05, 0.1) is 0 Å². The molecule has 0 aromatic rings. The molecule has 0 radical (unpaired) electrons. The molecule has 0 fully saturated rings. The molecule has 2 atom stereocenters. The predicted molar refractivity (Wildman–Crippen MR) is 80.7 cm³/mol. The summed E-state index contributed by atoms with van der Waals surface area (Å²) >= 11 is 0. The van der Waals surface area contributed by atoms with Crippen molar-refractivity contribution < 1.29 is 4.79 Å². The van der Waals surface area contributed by atoms with Gasteiger partial charge >= 0.3 is 0 Å². The van der Waals surface area contributed by atoms with Gasteiger partial charge in [-0.25, -0.2) is 0 Å². The number of rotatable bonds is 10. The Morgan fingerprint density at radius 3 is 1.06 bits per heavy atom. The van der Waals surface area contributed by atoms with Gasteiger partial charge in [0.1, 0.15) is 5.78 Å². The molecule has 18 heavy (non-hydrogen) atoms. The lowest BCUT2D eigenvalue weighted by atomic mass is 9.73. The Balaban J connectivity index is 4.92. The fourth-order valence-electron chi connectivity index (χ4n) is 3.52. The summed E-state index contributed by atoms with van der Waals surface area (Å²) in [7, 11) is 0. The molecule has 0 bridgehead atoms.